The Morgan fingerprint density at radius 3 is 3.29 bits per heavy atom. The van der Waals surface area contributed by atoms with Gasteiger partial charge >= 0.3 is 0 Å². The summed E-state index contributed by atoms with van der Waals surface area (Å²) in [6.07, 6.45) is 6.38. The van der Waals surface area contributed by atoms with Crippen LogP contribution in [0.4, 0.5) is 0 Å². The Labute approximate surface area is 83.4 Å². The summed E-state index contributed by atoms with van der Waals surface area (Å²) in [4.78, 5) is 0. The van der Waals surface area contributed by atoms with Crippen LogP contribution in [0.2, 0.25) is 0 Å². The Morgan fingerprint density at radius 2 is 2.57 bits per heavy atom. The van der Waals surface area contributed by atoms with Crippen LogP contribution in [0.1, 0.15) is 12.8 Å². The minimum absolute atomic E-state index is 0.422. The standard InChI is InChI=1S/C9H16N4O/c1-2-9(14-7-1)8-10-3-5-13-6-4-11-12-13/h4,6,9-10H,1-3,5,7-8H2. The van der Waals surface area contributed by atoms with E-state index in [0.717, 1.165) is 26.2 Å². The van der Waals surface area contributed by atoms with E-state index in [1.807, 2.05) is 10.9 Å². The van der Waals surface area contributed by atoms with E-state index in [1.54, 1.807) is 6.20 Å². The maximum atomic E-state index is 5.49. The van der Waals surface area contributed by atoms with Gasteiger partial charge in [-0.25, -0.2) is 0 Å². The van der Waals surface area contributed by atoms with Crippen molar-refractivity contribution < 1.29 is 4.74 Å². The van der Waals surface area contributed by atoms with Gasteiger partial charge in [-0.3, -0.25) is 4.68 Å². The average molecular weight is 196 g/mol. The molecule has 0 spiro atoms. The topological polar surface area (TPSA) is 52.0 Å². The summed E-state index contributed by atoms with van der Waals surface area (Å²) in [5.74, 6) is 0. The average Bonchev–Trinajstić information content (AvgIpc) is 2.86. The van der Waals surface area contributed by atoms with Gasteiger partial charge in [-0.05, 0) is 12.8 Å². The van der Waals surface area contributed by atoms with E-state index < -0.39 is 0 Å². The maximum Gasteiger partial charge on any atom is 0.0700 e. The molecule has 78 valence electrons. The lowest BCUT2D eigenvalue weighted by Gasteiger charge is -2.10. The Hall–Kier alpha value is -0.940. The Bertz CT molecular complexity index is 243. The molecule has 0 aliphatic carbocycles. The molecule has 1 aromatic rings. The molecule has 2 heterocycles. The predicted molar refractivity (Wildman–Crippen MR) is 51.9 cm³/mol. The summed E-state index contributed by atoms with van der Waals surface area (Å²) in [6, 6.07) is 0. The van der Waals surface area contributed by atoms with Crippen LogP contribution < -0.4 is 5.32 Å². The van der Waals surface area contributed by atoms with Crippen molar-refractivity contribution in [2.45, 2.75) is 25.5 Å². The zero-order valence-electron chi connectivity index (χ0n) is 8.22. The van der Waals surface area contributed by atoms with Crippen molar-refractivity contribution in [3.8, 4) is 0 Å². The van der Waals surface area contributed by atoms with Crippen LogP contribution in [0.15, 0.2) is 12.4 Å². The molecule has 14 heavy (non-hydrogen) atoms. The van der Waals surface area contributed by atoms with Gasteiger partial charge in [0.2, 0.25) is 0 Å². The smallest absolute Gasteiger partial charge is 0.0700 e. The molecule has 5 nitrogen and oxygen atoms in total. The van der Waals surface area contributed by atoms with Gasteiger partial charge in [-0.2, -0.15) is 0 Å². The third-order valence-electron chi connectivity index (χ3n) is 2.39. The highest BCUT2D eigenvalue weighted by atomic mass is 16.5. The SMILES string of the molecule is c1cn(CCNCC2CCCO2)nn1. The molecule has 1 aromatic heterocycles. The van der Waals surface area contributed by atoms with Crippen LogP contribution in [0.5, 0.6) is 0 Å². The Morgan fingerprint density at radius 1 is 1.57 bits per heavy atom. The number of rotatable bonds is 5. The quantitative estimate of drug-likeness (QED) is 0.676. The van der Waals surface area contributed by atoms with E-state index in [0.29, 0.717) is 6.10 Å². The monoisotopic (exact) mass is 196 g/mol. The fourth-order valence-corrected chi connectivity index (χ4v) is 1.61. The van der Waals surface area contributed by atoms with Crippen LogP contribution in [-0.2, 0) is 11.3 Å². The Balaban J connectivity index is 1.55. The van der Waals surface area contributed by atoms with Crippen LogP contribution in [0.25, 0.3) is 0 Å². The molecule has 0 amide bonds. The number of nitrogens with one attached hydrogen (secondary N) is 1. The molecule has 0 aromatic carbocycles. The molecule has 0 saturated carbocycles. The second kappa shape index (κ2) is 5.07. The lowest BCUT2D eigenvalue weighted by molar-refractivity contribution is 0.110. The molecular formula is C9H16N4O. The van der Waals surface area contributed by atoms with Crippen molar-refractivity contribution in [3.63, 3.8) is 0 Å². The van der Waals surface area contributed by atoms with E-state index in [2.05, 4.69) is 15.6 Å². The van der Waals surface area contributed by atoms with Gasteiger partial charge in [0.1, 0.15) is 0 Å². The first kappa shape index (κ1) is 9.61. The minimum Gasteiger partial charge on any atom is -0.377 e. The van der Waals surface area contributed by atoms with Crippen molar-refractivity contribution in [1.82, 2.24) is 20.3 Å². The van der Waals surface area contributed by atoms with Crippen LogP contribution in [-0.4, -0.2) is 40.8 Å². The molecule has 1 aliphatic rings. The van der Waals surface area contributed by atoms with E-state index in [-0.39, 0.29) is 0 Å². The lowest BCUT2D eigenvalue weighted by atomic mass is 10.2. The van der Waals surface area contributed by atoms with Gasteiger partial charge in [-0.1, -0.05) is 5.21 Å². The second-order valence-corrected chi connectivity index (χ2v) is 3.51. The summed E-state index contributed by atoms with van der Waals surface area (Å²) in [6.45, 7) is 3.67. The molecule has 1 fully saturated rings. The van der Waals surface area contributed by atoms with E-state index in [9.17, 15) is 0 Å². The largest absolute Gasteiger partial charge is 0.377 e. The molecule has 1 atom stereocenters. The van der Waals surface area contributed by atoms with E-state index in [4.69, 9.17) is 4.74 Å². The van der Waals surface area contributed by atoms with Crippen LogP contribution in [0, 0.1) is 0 Å². The summed E-state index contributed by atoms with van der Waals surface area (Å²) in [5.41, 5.74) is 0. The molecule has 0 bridgehead atoms. The molecule has 1 aliphatic heterocycles. The van der Waals surface area contributed by atoms with Crippen LogP contribution >= 0.6 is 0 Å². The first-order valence-corrected chi connectivity index (χ1v) is 5.11. The summed E-state index contributed by atoms with van der Waals surface area (Å²) >= 11 is 0. The number of hydrogen-bond acceptors (Lipinski definition) is 4. The zero-order chi connectivity index (χ0) is 9.64. The van der Waals surface area contributed by atoms with Crippen molar-refractivity contribution in [1.29, 1.82) is 0 Å². The van der Waals surface area contributed by atoms with E-state index in [1.165, 1.54) is 12.8 Å². The van der Waals surface area contributed by atoms with Gasteiger partial charge in [-0.15, -0.1) is 5.10 Å². The maximum absolute atomic E-state index is 5.49. The van der Waals surface area contributed by atoms with Gasteiger partial charge in [0.05, 0.1) is 18.8 Å². The number of aromatic nitrogens is 3. The minimum atomic E-state index is 0.422. The highest BCUT2D eigenvalue weighted by Gasteiger charge is 2.13. The highest BCUT2D eigenvalue weighted by molar-refractivity contribution is 4.68. The first-order chi connectivity index (χ1) is 6.95. The number of hydrogen-bond donors (Lipinski definition) is 1. The fourth-order valence-electron chi connectivity index (χ4n) is 1.61. The Kier molecular flexibility index (Phi) is 3.48. The van der Waals surface area contributed by atoms with Crippen molar-refractivity contribution >= 4 is 0 Å². The molecule has 1 unspecified atom stereocenters. The van der Waals surface area contributed by atoms with Gasteiger partial charge in [0.15, 0.2) is 0 Å². The van der Waals surface area contributed by atoms with Crippen molar-refractivity contribution in [2.24, 2.45) is 0 Å². The summed E-state index contributed by atoms with van der Waals surface area (Å²) in [7, 11) is 0. The molecular weight excluding hydrogens is 180 g/mol. The predicted octanol–water partition coefficient (Wildman–Crippen LogP) is 0.0467. The number of ether oxygens (including phenoxy) is 1. The third-order valence-corrected chi connectivity index (χ3v) is 2.39. The fraction of sp³-hybridized carbons (Fsp3) is 0.778. The van der Waals surface area contributed by atoms with Crippen LogP contribution in [0.3, 0.4) is 0 Å². The zero-order valence-corrected chi connectivity index (χ0v) is 8.22. The molecule has 0 radical (unpaired) electrons. The summed E-state index contributed by atoms with van der Waals surface area (Å²) in [5, 5.41) is 11.0. The van der Waals surface area contributed by atoms with E-state index >= 15 is 0 Å². The number of nitrogens with zero attached hydrogens (tertiary/aromatic N) is 3. The van der Waals surface area contributed by atoms with Gasteiger partial charge < -0.3 is 10.1 Å². The summed E-state index contributed by atoms with van der Waals surface area (Å²) < 4.78 is 7.31. The molecule has 5 heteroatoms. The lowest BCUT2D eigenvalue weighted by Crippen LogP contribution is -2.29. The molecule has 2 rings (SSSR count). The highest BCUT2D eigenvalue weighted by Crippen LogP contribution is 2.10. The molecule has 1 N–H and O–H groups in total. The molecule has 1 saturated heterocycles. The normalized spacial score (nSPS) is 21.6. The third kappa shape index (κ3) is 2.78. The second-order valence-electron chi connectivity index (χ2n) is 3.51. The van der Waals surface area contributed by atoms with Crippen molar-refractivity contribution in [2.75, 3.05) is 19.7 Å². The van der Waals surface area contributed by atoms with Gasteiger partial charge in [0.25, 0.3) is 0 Å². The van der Waals surface area contributed by atoms with Gasteiger partial charge in [0, 0.05) is 25.9 Å². The van der Waals surface area contributed by atoms with Crippen molar-refractivity contribution in [3.05, 3.63) is 12.4 Å². The first-order valence-electron chi connectivity index (χ1n) is 5.11.